The molecule has 3 aromatic rings. The Hall–Kier alpha value is -2.94. The molecule has 2 fully saturated rings. The van der Waals surface area contributed by atoms with Crippen molar-refractivity contribution in [2.45, 2.75) is 87.4 Å². The van der Waals surface area contributed by atoms with E-state index < -0.39 is 36.3 Å². The van der Waals surface area contributed by atoms with Crippen molar-refractivity contribution in [3.63, 3.8) is 0 Å². The lowest BCUT2D eigenvalue weighted by atomic mass is 9.78. The molecule has 1 heterocycles. The third-order valence-corrected chi connectivity index (χ3v) is 7.96. The number of benzene rings is 3. The summed E-state index contributed by atoms with van der Waals surface area (Å²) in [6, 6.07) is 26.3. The minimum Gasteiger partial charge on any atom is -0.490 e. The minimum atomic E-state index is -1.54. The average Bonchev–Trinajstić information content (AvgIpc) is 2.98. The van der Waals surface area contributed by atoms with E-state index in [9.17, 15) is 15.3 Å². The van der Waals surface area contributed by atoms with Crippen LogP contribution in [-0.4, -0.2) is 64.8 Å². The van der Waals surface area contributed by atoms with Crippen LogP contribution in [-0.2, 0) is 22.3 Å². The van der Waals surface area contributed by atoms with Gasteiger partial charge in [0.15, 0.2) is 12.4 Å². The summed E-state index contributed by atoms with van der Waals surface area (Å²) >= 11 is 0. The molecular weight excluding hydrogens is 508 g/mol. The summed E-state index contributed by atoms with van der Waals surface area (Å²) in [6.07, 6.45) is 0.464. The van der Waals surface area contributed by atoms with Crippen LogP contribution in [0, 0.1) is 0 Å². The van der Waals surface area contributed by atoms with E-state index in [-0.39, 0.29) is 18.9 Å². The van der Waals surface area contributed by atoms with Crippen LogP contribution in [0.1, 0.15) is 43.2 Å². The van der Waals surface area contributed by atoms with Gasteiger partial charge < -0.3 is 34.3 Å². The van der Waals surface area contributed by atoms with Crippen molar-refractivity contribution in [3.8, 4) is 11.5 Å². The van der Waals surface area contributed by atoms with Crippen molar-refractivity contribution in [3.05, 3.63) is 96.1 Å². The molecule has 0 bridgehead atoms. The Labute approximate surface area is 236 Å². The van der Waals surface area contributed by atoms with E-state index in [1.54, 1.807) is 12.1 Å². The number of rotatable bonds is 10. The highest BCUT2D eigenvalue weighted by molar-refractivity contribution is 5.32. The maximum Gasteiger partial charge on any atom is 0.197 e. The first-order chi connectivity index (χ1) is 19.4. The average molecular weight is 549 g/mol. The fraction of sp³-hybridized carbons (Fsp3) is 0.455. The Bertz CT molecular complexity index is 1120. The number of methoxy groups -OCH3 is 1. The fourth-order valence-electron chi connectivity index (χ4n) is 5.89. The molecule has 0 spiro atoms. The van der Waals surface area contributed by atoms with E-state index in [1.807, 2.05) is 72.8 Å². The lowest BCUT2D eigenvalue weighted by Gasteiger charge is -2.47. The van der Waals surface area contributed by atoms with E-state index in [2.05, 4.69) is 0 Å². The van der Waals surface area contributed by atoms with Gasteiger partial charge in [0.05, 0.1) is 6.10 Å². The number of aliphatic hydroxyl groups excluding tert-OH is 2. The molecule has 1 aliphatic heterocycles. The first-order valence-electron chi connectivity index (χ1n) is 14.2. The number of hydrogen-bond donors (Lipinski definition) is 3. The van der Waals surface area contributed by atoms with Gasteiger partial charge in [-0.2, -0.15) is 0 Å². The molecule has 214 valence electrons. The Morgan fingerprint density at radius 1 is 0.725 bits per heavy atom. The smallest absolute Gasteiger partial charge is 0.197 e. The largest absolute Gasteiger partial charge is 0.490 e. The van der Waals surface area contributed by atoms with Gasteiger partial charge in [-0.1, -0.05) is 67.1 Å². The van der Waals surface area contributed by atoms with Gasteiger partial charge in [0.25, 0.3) is 0 Å². The highest BCUT2D eigenvalue weighted by atomic mass is 16.7. The maximum atomic E-state index is 12.1. The predicted molar refractivity (Wildman–Crippen MR) is 151 cm³/mol. The highest BCUT2D eigenvalue weighted by Gasteiger charge is 2.54. The molecule has 0 amide bonds. The molecule has 5 atom stereocenters. The minimum absolute atomic E-state index is 0.210. The molecular formula is C33H40O7. The van der Waals surface area contributed by atoms with Crippen LogP contribution < -0.4 is 9.47 Å². The van der Waals surface area contributed by atoms with Gasteiger partial charge >= 0.3 is 0 Å². The van der Waals surface area contributed by atoms with E-state index in [0.717, 1.165) is 29.7 Å². The predicted octanol–water partition coefficient (Wildman–Crippen LogP) is 4.46. The van der Waals surface area contributed by atoms with E-state index >= 15 is 0 Å². The molecule has 7 nitrogen and oxygen atoms in total. The summed E-state index contributed by atoms with van der Waals surface area (Å²) in [7, 11) is 1.46. The zero-order valence-corrected chi connectivity index (χ0v) is 23.0. The number of aliphatic hydroxyl groups is 3. The van der Waals surface area contributed by atoms with Crippen LogP contribution in [0.2, 0.25) is 0 Å². The van der Waals surface area contributed by atoms with Crippen molar-refractivity contribution >= 4 is 0 Å². The SMILES string of the molecule is COC1O[C@H](C(O)(Cc2ccccc2)Cc2ccccc2)[C@@H](O)[C@H](O)[C@H]1Oc1ccc(OC2CCCCC2)cc1. The zero-order chi connectivity index (χ0) is 28.0. The molecule has 1 saturated heterocycles. The van der Waals surface area contributed by atoms with Gasteiger partial charge in [-0.3, -0.25) is 0 Å². The molecule has 0 radical (unpaired) electrons. The third-order valence-electron chi connectivity index (χ3n) is 7.96. The van der Waals surface area contributed by atoms with Gasteiger partial charge in [0.1, 0.15) is 35.4 Å². The molecule has 3 N–H and O–H groups in total. The topological polar surface area (TPSA) is 97.6 Å². The molecule has 2 aliphatic rings. The van der Waals surface area contributed by atoms with Crippen molar-refractivity contribution in [2.75, 3.05) is 7.11 Å². The Kier molecular flexibility index (Phi) is 9.40. The first-order valence-corrected chi connectivity index (χ1v) is 14.2. The van der Waals surface area contributed by atoms with Crippen LogP contribution in [0.25, 0.3) is 0 Å². The third kappa shape index (κ3) is 6.85. The van der Waals surface area contributed by atoms with Gasteiger partial charge in [-0.25, -0.2) is 0 Å². The summed E-state index contributed by atoms with van der Waals surface area (Å²) in [5.74, 6) is 1.26. The van der Waals surface area contributed by atoms with Crippen molar-refractivity contribution in [1.29, 1.82) is 0 Å². The lowest BCUT2D eigenvalue weighted by Crippen LogP contribution is -2.67. The van der Waals surface area contributed by atoms with Gasteiger partial charge in [0.2, 0.25) is 0 Å². The molecule has 1 aliphatic carbocycles. The van der Waals surface area contributed by atoms with Crippen LogP contribution >= 0.6 is 0 Å². The Morgan fingerprint density at radius 3 is 1.77 bits per heavy atom. The fourth-order valence-corrected chi connectivity index (χ4v) is 5.89. The van der Waals surface area contributed by atoms with E-state index in [0.29, 0.717) is 5.75 Å². The second-order valence-corrected chi connectivity index (χ2v) is 11.0. The molecule has 1 unspecified atom stereocenters. The lowest BCUT2D eigenvalue weighted by molar-refractivity contribution is -0.314. The number of hydrogen-bond acceptors (Lipinski definition) is 7. The van der Waals surface area contributed by atoms with Crippen molar-refractivity contribution < 1.29 is 34.3 Å². The van der Waals surface area contributed by atoms with Crippen LogP contribution in [0.15, 0.2) is 84.9 Å². The summed E-state index contributed by atoms with van der Waals surface area (Å²) in [5.41, 5.74) is 0.228. The summed E-state index contributed by atoms with van der Waals surface area (Å²) in [5, 5.41) is 34.7. The van der Waals surface area contributed by atoms with Gasteiger partial charge in [-0.15, -0.1) is 0 Å². The van der Waals surface area contributed by atoms with Crippen molar-refractivity contribution in [1.82, 2.24) is 0 Å². The maximum absolute atomic E-state index is 12.1. The van der Waals surface area contributed by atoms with E-state index in [1.165, 1.54) is 26.4 Å². The molecule has 40 heavy (non-hydrogen) atoms. The first kappa shape index (κ1) is 28.6. The molecule has 1 saturated carbocycles. The van der Waals surface area contributed by atoms with Gasteiger partial charge in [0, 0.05) is 20.0 Å². The molecule has 3 aromatic carbocycles. The highest BCUT2D eigenvalue weighted by Crippen LogP contribution is 2.35. The van der Waals surface area contributed by atoms with Crippen LogP contribution in [0.4, 0.5) is 0 Å². The second-order valence-electron chi connectivity index (χ2n) is 11.0. The quantitative estimate of drug-likeness (QED) is 0.344. The Balaban J connectivity index is 1.32. The van der Waals surface area contributed by atoms with Gasteiger partial charge in [-0.05, 0) is 61.1 Å². The molecule has 0 aromatic heterocycles. The summed E-state index contributed by atoms with van der Waals surface area (Å²) < 4.78 is 24.0. The second kappa shape index (κ2) is 13.1. The zero-order valence-electron chi connectivity index (χ0n) is 23.0. The number of ether oxygens (including phenoxy) is 4. The molecule has 5 rings (SSSR count). The van der Waals surface area contributed by atoms with Crippen LogP contribution in [0.5, 0.6) is 11.5 Å². The monoisotopic (exact) mass is 548 g/mol. The summed E-state index contributed by atoms with van der Waals surface area (Å²) in [6.45, 7) is 0. The van der Waals surface area contributed by atoms with Crippen molar-refractivity contribution in [2.24, 2.45) is 0 Å². The molecule has 7 heteroatoms. The standard InChI is InChI=1S/C33H40O7/c1-37-32-30(39-27-19-17-26(18-20-27)38-25-15-9-4-10-16-25)28(34)29(35)31(40-32)33(36,21-23-11-5-2-6-12-23)22-24-13-7-3-8-14-24/h2-3,5-8,11-14,17-20,25,28-32,34-36H,4,9-10,15-16,21-22H2,1H3/t28-,29-,30+,31-,32?/m0/s1. The van der Waals surface area contributed by atoms with E-state index in [4.69, 9.17) is 18.9 Å². The van der Waals surface area contributed by atoms with Crippen LogP contribution in [0.3, 0.4) is 0 Å². The Morgan fingerprint density at radius 2 is 1.25 bits per heavy atom. The normalized spacial score (nSPS) is 25.9. The summed E-state index contributed by atoms with van der Waals surface area (Å²) in [4.78, 5) is 0.